The summed E-state index contributed by atoms with van der Waals surface area (Å²) in [7, 11) is 0. The molecule has 120 valence electrons. The Morgan fingerprint density at radius 2 is 1.87 bits per heavy atom. The number of benzene rings is 2. The molecule has 0 saturated heterocycles. The molecule has 6 heteroatoms. The van der Waals surface area contributed by atoms with Gasteiger partial charge in [0, 0.05) is 15.9 Å². The van der Waals surface area contributed by atoms with Crippen LogP contribution in [0.5, 0.6) is 0 Å². The van der Waals surface area contributed by atoms with Gasteiger partial charge in [0.25, 0.3) is 0 Å². The van der Waals surface area contributed by atoms with Crippen molar-refractivity contribution in [2.75, 3.05) is 0 Å². The quantitative estimate of drug-likeness (QED) is 0.789. The molecule has 0 fully saturated rings. The van der Waals surface area contributed by atoms with Crippen LogP contribution in [0.1, 0.15) is 11.1 Å². The maximum atomic E-state index is 12.1. The highest BCUT2D eigenvalue weighted by Crippen LogP contribution is 2.22. The molecule has 0 bridgehead atoms. The molecule has 23 heavy (non-hydrogen) atoms. The van der Waals surface area contributed by atoms with Crippen molar-refractivity contribution in [2.24, 2.45) is 5.73 Å². The fourth-order valence-corrected chi connectivity index (χ4v) is 2.77. The minimum absolute atomic E-state index is 0.196. The van der Waals surface area contributed by atoms with Crippen LogP contribution in [0.3, 0.4) is 0 Å². The zero-order valence-electron chi connectivity index (χ0n) is 12.3. The molecule has 2 rings (SSSR count). The van der Waals surface area contributed by atoms with E-state index in [4.69, 9.17) is 17.3 Å². The predicted molar refractivity (Wildman–Crippen MR) is 94.1 cm³/mol. The van der Waals surface area contributed by atoms with Gasteiger partial charge in [0.05, 0.1) is 6.42 Å². The first-order valence-electron chi connectivity index (χ1n) is 7.02. The average molecular weight is 396 g/mol. The van der Waals surface area contributed by atoms with Crippen LogP contribution in [0.25, 0.3) is 0 Å². The Morgan fingerprint density at radius 3 is 2.52 bits per heavy atom. The zero-order valence-corrected chi connectivity index (χ0v) is 14.6. The van der Waals surface area contributed by atoms with Gasteiger partial charge >= 0.3 is 0 Å². The Labute approximate surface area is 148 Å². The van der Waals surface area contributed by atoms with Crippen LogP contribution in [0, 0.1) is 0 Å². The molecule has 4 nitrogen and oxygen atoms in total. The van der Waals surface area contributed by atoms with Crippen molar-refractivity contribution in [3.05, 3.63) is 69.2 Å². The molecule has 2 aromatic rings. The maximum absolute atomic E-state index is 12.1. The highest BCUT2D eigenvalue weighted by molar-refractivity contribution is 9.10. The van der Waals surface area contributed by atoms with E-state index in [0.29, 0.717) is 5.02 Å². The molecule has 0 heterocycles. The van der Waals surface area contributed by atoms with Crippen molar-refractivity contribution >= 4 is 39.3 Å². The largest absolute Gasteiger partial charge is 0.368 e. The molecule has 2 aromatic carbocycles. The van der Waals surface area contributed by atoms with Gasteiger partial charge < -0.3 is 11.1 Å². The van der Waals surface area contributed by atoms with E-state index >= 15 is 0 Å². The van der Waals surface area contributed by atoms with Crippen LogP contribution < -0.4 is 11.1 Å². The summed E-state index contributed by atoms with van der Waals surface area (Å²) < 4.78 is 0.811. The van der Waals surface area contributed by atoms with Crippen molar-refractivity contribution in [1.82, 2.24) is 5.32 Å². The Bertz CT molecular complexity index is 707. The van der Waals surface area contributed by atoms with E-state index in [1.54, 1.807) is 18.2 Å². The molecular formula is C17H16BrClN2O2. The van der Waals surface area contributed by atoms with Crippen molar-refractivity contribution in [3.8, 4) is 0 Å². The standard InChI is InChI=1S/C17H16BrClN2O2/c18-14-7-6-13(19)9-12(14)10-15(17(20)23)21-16(22)8-11-4-2-1-3-5-11/h1-7,9,15H,8,10H2,(H2,20,23)(H,21,22)/t15-/m1/s1. The van der Waals surface area contributed by atoms with Gasteiger partial charge in [-0.3, -0.25) is 9.59 Å². The van der Waals surface area contributed by atoms with Gasteiger partial charge in [-0.05, 0) is 29.3 Å². The second-order valence-electron chi connectivity index (χ2n) is 5.12. The molecule has 1 atom stereocenters. The van der Waals surface area contributed by atoms with Gasteiger partial charge in [0.1, 0.15) is 6.04 Å². The predicted octanol–water partition coefficient (Wildman–Crippen LogP) is 2.86. The number of primary amides is 1. The van der Waals surface area contributed by atoms with Crippen LogP contribution in [0.2, 0.25) is 5.02 Å². The number of hydrogen-bond donors (Lipinski definition) is 2. The summed E-state index contributed by atoms with van der Waals surface area (Å²) in [5, 5.41) is 3.24. The second kappa shape index (κ2) is 8.13. The summed E-state index contributed by atoms with van der Waals surface area (Å²) in [6.07, 6.45) is 0.471. The third kappa shape index (κ3) is 5.37. The second-order valence-corrected chi connectivity index (χ2v) is 6.42. The third-order valence-electron chi connectivity index (χ3n) is 3.32. The van der Waals surface area contributed by atoms with Crippen molar-refractivity contribution in [3.63, 3.8) is 0 Å². The van der Waals surface area contributed by atoms with Gasteiger partial charge in [0.2, 0.25) is 11.8 Å². The monoisotopic (exact) mass is 394 g/mol. The highest BCUT2D eigenvalue weighted by atomic mass is 79.9. The van der Waals surface area contributed by atoms with Crippen LogP contribution in [-0.2, 0) is 22.4 Å². The minimum Gasteiger partial charge on any atom is -0.368 e. The van der Waals surface area contributed by atoms with Crippen LogP contribution in [-0.4, -0.2) is 17.9 Å². The average Bonchev–Trinajstić information content (AvgIpc) is 2.51. The maximum Gasteiger partial charge on any atom is 0.240 e. The first-order chi connectivity index (χ1) is 11.0. The normalized spacial score (nSPS) is 11.7. The lowest BCUT2D eigenvalue weighted by Gasteiger charge is -2.16. The minimum atomic E-state index is -0.791. The first-order valence-corrected chi connectivity index (χ1v) is 8.19. The summed E-state index contributed by atoms with van der Waals surface area (Å²) in [5.41, 5.74) is 7.09. The third-order valence-corrected chi connectivity index (χ3v) is 4.33. The zero-order chi connectivity index (χ0) is 16.8. The molecule has 0 aromatic heterocycles. The lowest BCUT2D eigenvalue weighted by Crippen LogP contribution is -2.46. The number of carbonyl (C=O) groups excluding carboxylic acids is 2. The van der Waals surface area contributed by atoms with Crippen LogP contribution in [0.4, 0.5) is 0 Å². The van der Waals surface area contributed by atoms with E-state index in [0.717, 1.165) is 15.6 Å². The van der Waals surface area contributed by atoms with E-state index in [2.05, 4.69) is 21.2 Å². The number of halogens is 2. The fraction of sp³-hybridized carbons (Fsp3) is 0.176. The van der Waals surface area contributed by atoms with Crippen LogP contribution >= 0.6 is 27.5 Å². The smallest absolute Gasteiger partial charge is 0.240 e. The van der Waals surface area contributed by atoms with Gasteiger partial charge in [-0.15, -0.1) is 0 Å². The van der Waals surface area contributed by atoms with Gasteiger partial charge in [-0.2, -0.15) is 0 Å². The van der Waals surface area contributed by atoms with E-state index in [1.165, 1.54) is 0 Å². The molecule has 0 radical (unpaired) electrons. The topological polar surface area (TPSA) is 72.2 Å². The molecule has 0 aliphatic carbocycles. The van der Waals surface area contributed by atoms with Crippen molar-refractivity contribution < 1.29 is 9.59 Å². The van der Waals surface area contributed by atoms with Crippen LogP contribution in [0.15, 0.2) is 53.0 Å². The van der Waals surface area contributed by atoms with E-state index in [1.807, 2.05) is 30.3 Å². The number of rotatable bonds is 6. The number of hydrogen-bond acceptors (Lipinski definition) is 2. The van der Waals surface area contributed by atoms with Crippen molar-refractivity contribution in [1.29, 1.82) is 0 Å². The van der Waals surface area contributed by atoms with E-state index in [9.17, 15) is 9.59 Å². The molecule has 0 saturated carbocycles. The number of carbonyl (C=O) groups is 2. The molecule has 0 spiro atoms. The summed E-state index contributed by atoms with van der Waals surface area (Å²) in [5.74, 6) is -0.837. The summed E-state index contributed by atoms with van der Waals surface area (Å²) in [4.78, 5) is 23.8. The van der Waals surface area contributed by atoms with Crippen molar-refractivity contribution in [2.45, 2.75) is 18.9 Å². The summed E-state index contributed by atoms with van der Waals surface area (Å²) in [6.45, 7) is 0. The lowest BCUT2D eigenvalue weighted by molar-refractivity contribution is -0.127. The fourth-order valence-electron chi connectivity index (χ4n) is 2.17. The molecule has 0 unspecified atom stereocenters. The lowest BCUT2D eigenvalue weighted by atomic mass is 10.0. The molecule has 2 amide bonds. The number of nitrogens with one attached hydrogen (secondary N) is 1. The Hall–Kier alpha value is -1.85. The number of amides is 2. The van der Waals surface area contributed by atoms with E-state index in [-0.39, 0.29) is 18.7 Å². The molecule has 0 aliphatic heterocycles. The Kier molecular flexibility index (Phi) is 6.19. The Balaban J connectivity index is 2.05. The molecule has 3 N–H and O–H groups in total. The number of nitrogens with two attached hydrogens (primary N) is 1. The first kappa shape index (κ1) is 17.5. The van der Waals surface area contributed by atoms with Gasteiger partial charge in [-0.1, -0.05) is 57.9 Å². The van der Waals surface area contributed by atoms with Gasteiger partial charge in [0.15, 0.2) is 0 Å². The SMILES string of the molecule is NC(=O)[C@@H](Cc1cc(Cl)ccc1Br)NC(=O)Cc1ccccc1. The highest BCUT2D eigenvalue weighted by Gasteiger charge is 2.20. The molecular weight excluding hydrogens is 380 g/mol. The van der Waals surface area contributed by atoms with Gasteiger partial charge in [-0.25, -0.2) is 0 Å². The molecule has 0 aliphatic rings. The van der Waals surface area contributed by atoms with E-state index < -0.39 is 11.9 Å². The summed E-state index contributed by atoms with van der Waals surface area (Å²) >= 11 is 9.37. The summed E-state index contributed by atoms with van der Waals surface area (Å²) in [6, 6.07) is 13.8. The Morgan fingerprint density at radius 1 is 1.17 bits per heavy atom.